The molecular formula is C13H27NO. The maximum atomic E-state index is 5.90. The van der Waals surface area contributed by atoms with Gasteiger partial charge in [0.05, 0.1) is 6.10 Å². The largest absolute Gasteiger partial charge is 0.377 e. The van der Waals surface area contributed by atoms with Crippen LogP contribution in [0.5, 0.6) is 0 Å². The van der Waals surface area contributed by atoms with Crippen LogP contribution in [-0.4, -0.2) is 25.3 Å². The second-order valence-corrected chi connectivity index (χ2v) is 4.75. The molecule has 0 saturated carbocycles. The lowest BCUT2D eigenvalue weighted by atomic mass is 9.89. The van der Waals surface area contributed by atoms with E-state index < -0.39 is 0 Å². The summed E-state index contributed by atoms with van der Waals surface area (Å²) in [4.78, 5) is 0. The van der Waals surface area contributed by atoms with E-state index in [-0.39, 0.29) is 0 Å². The van der Waals surface area contributed by atoms with Gasteiger partial charge in [0, 0.05) is 12.6 Å². The Morgan fingerprint density at radius 1 is 1.33 bits per heavy atom. The van der Waals surface area contributed by atoms with E-state index in [1.54, 1.807) is 0 Å². The molecule has 1 aliphatic rings. The van der Waals surface area contributed by atoms with Crippen LogP contribution in [0.1, 0.15) is 52.9 Å². The number of rotatable bonds is 6. The van der Waals surface area contributed by atoms with E-state index in [1.807, 2.05) is 0 Å². The Labute approximate surface area is 94.8 Å². The third-order valence-corrected chi connectivity index (χ3v) is 3.41. The van der Waals surface area contributed by atoms with Gasteiger partial charge in [-0.3, -0.25) is 0 Å². The van der Waals surface area contributed by atoms with Crippen molar-refractivity contribution < 1.29 is 4.74 Å². The van der Waals surface area contributed by atoms with Gasteiger partial charge in [-0.25, -0.2) is 0 Å². The Hall–Kier alpha value is -0.0800. The van der Waals surface area contributed by atoms with Crippen molar-refractivity contribution in [1.29, 1.82) is 0 Å². The molecule has 0 bridgehead atoms. The minimum atomic E-state index is 0.459. The smallest absolute Gasteiger partial charge is 0.0730 e. The molecule has 1 N–H and O–H groups in total. The Bertz CT molecular complexity index is 155. The van der Waals surface area contributed by atoms with E-state index in [0.717, 1.165) is 19.1 Å². The average molecular weight is 213 g/mol. The highest BCUT2D eigenvalue weighted by atomic mass is 16.5. The van der Waals surface area contributed by atoms with E-state index in [0.29, 0.717) is 12.1 Å². The molecule has 0 aromatic heterocycles. The van der Waals surface area contributed by atoms with Crippen LogP contribution in [0.4, 0.5) is 0 Å². The van der Waals surface area contributed by atoms with Gasteiger partial charge in [-0.1, -0.05) is 27.2 Å². The Balaban J connectivity index is 2.46. The van der Waals surface area contributed by atoms with Gasteiger partial charge in [0.25, 0.3) is 0 Å². The molecule has 15 heavy (non-hydrogen) atoms. The van der Waals surface area contributed by atoms with Crippen LogP contribution in [0.25, 0.3) is 0 Å². The van der Waals surface area contributed by atoms with Crippen molar-refractivity contribution in [2.45, 2.75) is 65.0 Å². The van der Waals surface area contributed by atoms with Gasteiger partial charge in [-0.15, -0.1) is 0 Å². The summed E-state index contributed by atoms with van der Waals surface area (Å²) >= 11 is 0. The van der Waals surface area contributed by atoms with Crippen molar-refractivity contribution in [3.63, 3.8) is 0 Å². The number of likely N-dealkylation sites (N-methyl/N-ethyl adjacent to an activating group) is 1. The predicted molar refractivity (Wildman–Crippen MR) is 65.1 cm³/mol. The molecule has 0 aromatic rings. The Morgan fingerprint density at radius 2 is 2.13 bits per heavy atom. The van der Waals surface area contributed by atoms with Crippen LogP contribution in [0.15, 0.2) is 0 Å². The van der Waals surface area contributed by atoms with Crippen LogP contribution in [0.2, 0.25) is 0 Å². The van der Waals surface area contributed by atoms with Crippen LogP contribution in [0, 0.1) is 5.92 Å². The molecule has 2 nitrogen and oxygen atoms in total. The zero-order valence-corrected chi connectivity index (χ0v) is 10.6. The summed E-state index contributed by atoms with van der Waals surface area (Å²) in [5, 5.41) is 3.61. The number of ether oxygens (including phenoxy) is 1. The molecule has 0 spiro atoms. The third kappa shape index (κ3) is 4.12. The fourth-order valence-electron chi connectivity index (χ4n) is 2.62. The van der Waals surface area contributed by atoms with Gasteiger partial charge >= 0.3 is 0 Å². The molecule has 0 radical (unpaired) electrons. The normalized spacial score (nSPS) is 26.2. The summed E-state index contributed by atoms with van der Waals surface area (Å²) in [6.45, 7) is 8.83. The first-order valence-corrected chi connectivity index (χ1v) is 6.64. The second kappa shape index (κ2) is 7.24. The first-order valence-electron chi connectivity index (χ1n) is 6.64. The molecule has 0 aliphatic carbocycles. The number of hydrogen-bond donors (Lipinski definition) is 1. The maximum absolute atomic E-state index is 5.90. The first-order chi connectivity index (χ1) is 7.29. The van der Waals surface area contributed by atoms with Crippen LogP contribution < -0.4 is 5.32 Å². The second-order valence-electron chi connectivity index (χ2n) is 4.75. The summed E-state index contributed by atoms with van der Waals surface area (Å²) in [6, 6.07) is 0.565. The molecule has 1 heterocycles. The zero-order chi connectivity index (χ0) is 11.1. The summed E-state index contributed by atoms with van der Waals surface area (Å²) < 4.78 is 5.90. The van der Waals surface area contributed by atoms with Gasteiger partial charge in [0.1, 0.15) is 0 Å². The van der Waals surface area contributed by atoms with Crippen molar-refractivity contribution in [3.05, 3.63) is 0 Å². The molecule has 1 fully saturated rings. The Kier molecular flexibility index (Phi) is 6.26. The average Bonchev–Trinajstić information content (AvgIpc) is 2.27. The van der Waals surface area contributed by atoms with Crippen molar-refractivity contribution >= 4 is 0 Å². The van der Waals surface area contributed by atoms with E-state index >= 15 is 0 Å². The van der Waals surface area contributed by atoms with Crippen molar-refractivity contribution in [2.75, 3.05) is 13.2 Å². The van der Waals surface area contributed by atoms with E-state index in [1.165, 1.54) is 32.1 Å². The van der Waals surface area contributed by atoms with Crippen LogP contribution in [-0.2, 0) is 4.74 Å². The summed E-state index contributed by atoms with van der Waals surface area (Å²) in [5.41, 5.74) is 0. The standard InChI is InChI=1S/C13H27NO/c1-4-8-11(3)13(14-5-2)12-9-6-7-10-15-12/h11-14H,4-10H2,1-3H3. The van der Waals surface area contributed by atoms with E-state index in [4.69, 9.17) is 4.74 Å². The van der Waals surface area contributed by atoms with Crippen LogP contribution >= 0.6 is 0 Å². The number of hydrogen-bond acceptors (Lipinski definition) is 2. The van der Waals surface area contributed by atoms with Gasteiger partial charge in [0.2, 0.25) is 0 Å². The molecule has 90 valence electrons. The predicted octanol–water partition coefficient (Wildman–Crippen LogP) is 2.97. The molecule has 1 aliphatic heterocycles. The lowest BCUT2D eigenvalue weighted by molar-refractivity contribution is -0.0198. The SMILES string of the molecule is CCCC(C)C(NCC)C1CCCCO1. The monoisotopic (exact) mass is 213 g/mol. The van der Waals surface area contributed by atoms with Gasteiger partial charge in [-0.2, -0.15) is 0 Å². The molecule has 2 heteroatoms. The Morgan fingerprint density at radius 3 is 2.67 bits per heavy atom. The van der Waals surface area contributed by atoms with Crippen LogP contribution in [0.3, 0.4) is 0 Å². The van der Waals surface area contributed by atoms with E-state index in [2.05, 4.69) is 26.1 Å². The maximum Gasteiger partial charge on any atom is 0.0730 e. The lowest BCUT2D eigenvalue weighted by Gasteiger charge is -2.34. The molecule has 1 rings (SSSR count). The van der Waals surface area contributed by atoms with Crippen molar-refractivity contribution in [3.8, 4) is 0 Å². The zero-order valence-electron chi connectivity index (χ0n) is 10.6. The number of nitrogens with one attached hydrogen (secondary N) is 1. The highest BCUT2D eigenvalue weighted by Crippen LogP contribution is 2.22. The molecule has 1 saturated heterocycles. The molecule has 0 aromatic carbocycles. The van der Waals surface area contributed by atoms with E-state index in [9.17, 15) is 0 Å². The fourth-order valence-corrected chi connectivity index (χ4v) is 2.62. The first kappa shape index (κ1) is 13.0. The molecular weight excluding hydrogens is 186 g/mol. The fraction of sp³-hybridized carbons (Fsp3) is 1.00. The van der Waals surface area contributed by atoms with Crippen molar-refractivity contribution in [1.82, 2.24) is 5.32 Å². The minimum Gasteiger partial charge on any atom is -0.377 e. The summed E-state index contributed by atoms with van der Waals surface area (Å²) in [7, 11) is 0. The lowest BCUT2D eigenvalue weighted by Crippen LogP contribution is -2.47. The topological polar surface area (TPSA) is 21.3 Å². The third-order valence-electron chi connectivity index (χ3n) is 3.41. The highest BCUT2D eigenvalue weighted by Gasteiger charge is 2.27. The van der Waals surface area contributed by atoms with Gasteiger partial charge in [0.15, 0.2) is 0 Å². The highest BCUT2D eigenvalue weighted by molar-refractivity contribution is 4.83. The summed E-state index contributed by atoms with van der Waals surface area (Å²) in [5.74, 6) is 0.734. The molecule has 3 atom stereocenters. The van der Waals surface area contributed by atoms with Gasteiger partial charge < -0.3 is 10.1 Å². The quantitative estimate of drug-likeness (QED) is 0.732. The van der Waals surface area contributed by atoms with Gasteiger partial charge in [-0.05, 0) is 38.1 Å². The minimum absolute atomic E-state index is 0.459. The molecule has 3 unspecified atom stereocenters. The van der Waals surface area contributed by atoms with Crippen molar-refractivity contribution in [2.24, 2.45) is 5.92 Å². The summed E-state index contributed by atoms with van der Waals surface area (Å²) in [6.07, 6.45) is 6.86. The molecule has 0 amide bonds.